The van der Waals surface area contributed by atoms with Crippen LogP contribution in [0.15, 0.2) is 4.99 Å². The summed E-state index contributed by atoms with van der Waals surface area (Å²) in [7, 11) is 0. The van der Waals surface area contributed by atoms with Gasteiger partial charge < -0.3 is 4.74 Å². The Morgan fingerprint density at radius 3 is 1.19 bits per heavy atom. The molecule has 0 rings (SSSR count). The Hall–Kier alpha value is -1.33. The fourth-order valence-corrected chi connectivity index (χ4v) is 6.64. The van der Waals surface area contributed by atoms with Crippen LogP contribution in [0.5, 0.6) is 0 Å². The third-order valence-corrected chi connectivity index (χ3v) is 9.32. The van der Waals surface area contributed by atoms with Gasteiger partial charge in [-0.2, -0.15) is 5.26 Å². The Morgan fingerprint density at radius 2 is 0.833 bits per heavy atom. The second-order valence-electron chi connectivity index (χ2n) is 13.1. The molecule has 246 valence electrons. The summed E-state index contributed by atoms with van der Waals surface area (Å²) >= 11 is 0. The van der Waals surface area contributed by atoms with E-state index in [-0.39, 0.29) is 0 Å². The van der Waals surface area contributed by atoms with Gasteiger partial charge in [-0.1, -0.05) is 194 Å². The topological polar surface area (TPSA) is 62.4 Å². The molecule has 0 bridgehead atoms. The number of hydrogen-bond donors (Lipinski definition) is 0. The van der Waals surface area contributed by atoms with Gasteiger partial charge in [0.15, 0.2) is 0 Å². The highest BCUT2D eigenvalue weighted by molar-refractivity contribution is 5.32. The van der Waals surface area contributed by atoms with Crippen molar-refractivity contribution in [2.24, 2.45) is 16.8 Å². The van der Waals surface area contributed by atoms with Gasteiger partial charge in [0.2, 0.25) is 6.08 Å². The highest BCUT2D eigenvalue weighted by Crippen LogP contribution is 2.33. The van der Waals surface area contributed by atoms with Gasteiger partial charge in [-0.15, -0.1) is 0 Å². The maximum atomic E-state index is 10.2. The summed E-state index contributed by atoms with van der Waals surface area (Å²) in [6.45, 7) is 5.86. The lowest BCUT2D eigenvalue weighted by molar-refractivity contribution is 0.236. The number of carbonyl (C=O) groups excluding carboxylic acids is 1. The molecule has 0 fully saturated rings. The molecule has 0 aliphatic carbocycles. The van der Waals surface area contributed by atoms with E-state index in [4.69, 9.17) is 10.00 Å². The molecule has 0 amide bonds. The molecule has 0 saturated carbocycles. The molecular formula is C38H72N2O2. The van der Waals surface area contributed by atoms with Crippen LogP contribution < -0.4 is 0 Å². The fourth-order valence-electron chi connectivity index (χ4n) is 6.64. The number of aliphatic imine (C=N–C) groups is 1. The third kappa shape index (κ3) is 30.1. The first-order valence-electron chi connectivity index (χ1n) is 18.8. The van der Waals surface area contributed by atoms with Crippen LogP contribution in [0.4, 0.5) is 0 Å². The minimum Gasteiger partial charge on any atom is -0.428 e. The minimum atomic E-state index is 0.589. The van der Waals surface area contributed by atoms with Crippen LogP contribution in [-0.2, 0) is 9.53 Å². The first kappa shape index (κ1) is 40.7. The number of isocyanates is 1. The van der Waals surface area contributed by atoms with E-state index in [9.17, 15) is 4.79 Å². The Morgan fingerprint density at radius 1 is 0.500 bits per heavy atom. The van der Waals surface area contributed by atoms with E-state index in [1.807, 2.05) is 0 Å². The standard InChI is InChI=1S/C38H72N2O2/c1-3-5-7-9-11-17-23-29-37(31-25-19-13-15-21-27-33-40-36-41)38(30-24-18-12-10-8-6-4-2)32-26-20-14-16-22-28-34-42-35-39/h37-38H,3-34H2,1-2H3. The lowest BCUT2D eigenvalue weighted by atomic mass is 9.78. The maximum Gasteiger partial charge on any atom is 0.286 e. The molecule has 0 aliphatic rings. The molecule has 0 aromatic heterocycles. The van der Waals surface area contributed by atoms with Crippen molar-refractivity contribution >= 4 is 6.08 Å². The summed E-state index contributed by atoms with van der Waals surface area (Å²) < 4.78 is 4.82. The molecule has 0 heterocycles. The van der Waals surface area contributed by atoms with Crippen molar-refractivity contribution in [3.63, 3.8) is 0 Å². The summed E-state index contributed by atoms with van der Waals surface area (Å²) in [6, 6.07) is 0. The molecule has 2 atom stereocenters. The summed E-state index contributed by atoms with van der Waals surface area (Å²) in [5.41, 5.74) is 0. The molecule has 0 aromatic carbocycles. The zero-order valence-electron chi connectivity index (χ0n) is 28.5. The minimum absolute atomic E-state index is 0.589. The zero-order chi connectivity index (χ0) is 30.6. The van der Waals surface area contributed by atoms with Crippen molar-refractivity contribution in [2.45, 2.75) is 206 Å². The predicted molar refractivity (Wildman–Crippen MR) is 181 cm³/mol. The average molecular weight is 589 g/mol. The van der Waals surface area contributed by atoms with Gasteiger partial charge in [0, 0.05) is 0 Å². The molecule has 42 heavy (non-hydrogen) atoms. The van der Waals surface area contributed by atoms with Gasteiger partial charge in [0.05, 0.1) is 6.54 Å². The van der Waals surface area contributed by atoms with Crippen molar-refractivity contribution in [2.75, 3.05) is 13.2 Å². The van der Waals surface area contributed by atoms with Gasteiger partial charge in [0.1, 0.15) is 6.61 Å². The molecule has 4 heteroatoms. The van der Waals surface area contributed by atoms with Gasteiger partial charge in [-0.05, 0) is 24.7 Å². The van der Waals surface area contributed by atoms with Gasteiger partial charge in [-0.3, -0.25) is 0 Å². The van der Waals surface area contributed by atoms with E-state index in [0.717, 1.165) is 24.7 Å². The van der Waals surface area contributed by atoms with Crippen molar-refractivity contribution in [1.29, 1.82) is 5.26 Å². The molecule has 0 aromatic rings. The number of nitrogens with zero attached hydrogens (tertiary/aromatic N) is 2. The molecular weight excluding hydrogens is 516 g/mol. The largest absolute Gasteiger partial charge is 0.428 e. The molecule has 2 unspecified atom stereocenters. The third-order valence-electron chi connectivity index (χ3n) is 9.32. The smallest absolute Gasteiger partial charge is 0.286 e. The van der Waals surface area contributed by atoms with Crippen molar-refractivity contribution < 1.29 is 9.53 Å². The van der Waals surface area contributed by atoms with E-state index in [1.165, 1.54) is 180 Å². The van der Waals surface area contributed by atoms with Crippen molar-refractivity contribution in [1.82, 2.24) is 0 Å². The van der Waals surface area contributed by atoms with Crippen LogP contribution in [0.1, 0.15) is 206 Å². The molecule has 0 saturated heterocycles. The Bertz CT molecular complexity index is 611. The lowest BCUT2D eigenvalue weighted by Crippen LogP contribution is -2.16. The van der Waals surface area contributed by atoms with Gasteiger partial charge in [0.25, 0.3) is 6.26 Å². The van der Waals surface area contributed by atoms with Gasteiger partial charge in [-0.25, -0.2) is 9.79 Å². The molecule has 0 spiro atoms. The Balaban J connectivity index is 4.76. The summed E-state index contributed by atoms with van der Waals surface area (Å²) in [5.74, 6) is 1.84. The molecule has 0 aliphatic heterocycles. The van der Waals surface area contributed by atoms with Crippen molar-refractivity contribution in [3.05, 3.63) is 0 Å². The number of rotatable bonds is 35. The quantitative estimate of drug-likeness (QED) is 0.0320. The number of hydrogen-bond acceptors (Lipinski definition) is 4. The SMILES string of the molecule is CCCCCCCCCC(CCCCCCCCN=C=O)C(CCCCCCCCC)CCCCCCCCOC#N. The number of ether oxygens (including phenoxy) is 1. The summed E-state index contributed by atoms with van der Waals surface area (Å²) in [6.07, 6.45) is 44.2. The first-order chi connectivity index (χ1) is 20.8. The fraction of sp³-hybridized carbons (Fsp3) is 0.947. The number of unbranched alkanes of at least 4 members (excludes halogenated alkanes) is 22. The predicted octanol–water partition coefficient (Wildman–Crippen LogP) is 12.8. The van der Waals surface area contributed by atoms with Crippen LogP contribution in [-0.4, -0.2) is 19.2 Å². The van der Waals surface area contributed by atoms with Crippen LogP contribution in [0.3, 0.4) is 0 Å². The van der Waals surface area contributed by atoms with E-state index < -0.39 is 0 Å². The molecule has 4 nitrogen and oxygen atoms in total. The number of nitriles is 1. The van der Waals surface area contributed by atoms with Crippen LogP contribution in [0, 0.1) is 23.4 Å². The Kier molecular flexibility index (Phi) is 34.7. The Labute approximate surface area is 263 Å². The average Bonchev–Trinajstić information content (AvgIpc) is 3.00. The van der Waals surface area contributed by atoms with E-state index >= 15 is 0 Å². The van der Waals surface area contributed by atoms with Crippen LogP contribution in [0.2, 0.25) is 0 Å². The second kappa shape index (κ2) is 35.9. The van der Waals surface area contributed by atoms with Crippen LogP contribution in [0.25, 0.3) is 0 Å². The second-order valence-corrected chi connectivity index (χ2v) is 13.1. The van der Waals surface area contributed by atoms with Crippen molar-refractivity contribution in [3.8, 4) is 6.26 Å². The van der Waals surface area contributed by atoms with E-state index in [2.05, 4.69) is 18.8 Å². The lowest BCUT2D eigenvalue weighted by Gasteiger charge is -2.28. The van der Waals surface area contributed by atoms with Crippen LogP contribution >= 0.6 is 0 Å². The highest BCUT2D eigenvalue weighted by Gasteiger charge is 2.20. The monoisotopic (exact) mass is 589 g/mol. The maximum absolute atomic E-state index is 10.2. The molecule has 0 N–H and O–H groups in total. The van der Waals surface area contributed by atoms with E-state index in [0.29, 0.717) is 13.2 Å². The zero-order valence-corrected chi connectivity index (χ0v) is 28.5. The van der Waals surface area contributed by atoms with E-state index in [1.54, 1.807) is 12.3 Å². The summed E-state index contributed by atoms with van der Waals surface area (Å²) in [4.78, 5) is 13.9. The summed E-state index contributed by atoms with van der Waals surface area (Å²) in [5, 5.41) is 8.52. The first-order valence-corrected chi connectivity index (χ1v) is 18.8. The molecule has 0 radical (unpaired) electrons. The normalized spacial score (nSPS) is 12.5. The van der Waals surface area contributed by atoms with Gasteiger partial charge >= 0.3 is 0 Å². The highest BCUT2D eigenvalue weighted by atomic mass is 16.5.